The molecule has 0 saturated carbocycles. The Labute approximate surface area is 174 Å². The summed E-state index contributed by atoms with van der Waals surface area (Å²) in [5, 5.41) is 3.40. The van der Waals surface area contributed by atoms with Gasteiger partial charge in [-0.25, -0.2) is 8.42 Å². The second kappa shape index (κ2) is 8.74. The lowest BCUT2D eigenvalue weighted by molar-refractivity contribution is -0.132. The Kier molecular flexibility index (Phi) is 6.27. The van der Waals surface area contributed by atoms with E-state index in [9.17, 15) is 13.2 Å². The fraction of sp³-hybridized carbons (Fsp3) is 0.682. The van der Waals surface area contributed by atoms with Crippen molar-refractivity contribution in [2.45, 2.75) is 51.1 Å². The predicted octanol–water partition coefficient (Wildman–Crippen LogP) is 1.55. The van der Waals surface area contributed by atoms with Crippen LogP contribution in [0.4, 0.5) is 0 Å². The zero-order valence-corrected chi connectivity index (χ0v) is 18.2. The molecule has 1 N–H and O–H groups in total. The largest absolute Gasteiger partial charge is 0.339 e. The maximum Gasteiger partial charge on any atom is 0.236 e. The van der Waals surface area contributed by atoms with Crippen LogP contribution in [0.1, 0.15) is 48.9 Å². The first kappa shape index (κ1) is 20.8. The second-order valence-corrected chi connectivity index (χ2v) is 11.0. The number of piperazine rings is 1. The Morgan fingerprint density at radius 2 is 1.86 bits per heavy atom. The van der Waals surface area contributed by atoms with Gasteiger partial charge in [0, 0.05) is 38.3 Å². The van der Waals surface area contributed by atoms with Gasteiger partial charge in [0.2, 0.25) is 5.91 Å². The standard InChI is InChI=1S/C22H33N3O3S/c1-17(19-7-6-18-4-2-3-5-20(18)14-19)23-15-22(26)25-11-9-24(10-12-25)21-8-13-29(27,28)16-21/h6-7,14,17,21,23H,2-5,8-13,15-16H2,1H3. The third-order valence-electron chi connectivity index (χ3n) is 6.82. The molecule has 0 radical (unpaired) electrons. The van der Waals surface area contributed by atoms with E-state index in [4.69, 9.17) is 0 Å². The van der Waals surface area contributed by atoms with Gasteiger partial charge < -0.3 is 10.2 Å². The Balaban J connectivity index is 1.24. The molecule has 1 aromatic carbocycles. The summed E-state index contributed by atoms with van der Waals surface area (Å²) >= 11 is 0. The first-order valence-corrected chi connectivity index (χ1v) is 12.8. The number of hydrogen-bond acceptors (Lipinski definition) is 5. The van der Waals surface area contributed by atoms with Crippen LogP contribution in [0.3, 0.4) is 0 Å². The Bertz CT molecular complexity index is 847. The SMILES string of the molecule is CC(NCC(=O)N1CCN(C2CCS(=O)(=O)C2)CC1)c1ccc2c(c1)CCCC2. The van der Waals surface area contributed by atoms with Crippen LogP contribution in [-0.4, -0.2) is 74.4 Å². The topological polar surface area (TPSA) is 69.7 Å². The van der Waals surface area contributed by atoms with Gasteiger partial charge in [-0.2, -0.15) is 0 Å². The molecule has 4 rings (SSSR count). The van der Waals surface area contributed by atoms with Crippen LogP contribution in [0.5, 0.6) is 0 Å². The first-order valence-electron chi connectivity index (χ1n) is 11.0. The van der Waals surface area contributed by atoms with Crippen LogP contribution in [0.25, 0.3) is 0 Å². The van der Waals surface area contributed by atoms with E-state index >= 15 is 0 Å². The van der Waals surface area contributed by atoms with Gasteiger partial charge in [-0.3, -0.25) is 9.69 Å². The van der Waals surface area contributed by atoms with Crippen molar-refractivity contribution in [1.82, 2.24) is 15.1 Å². The molecule has 2 aliphatic heterocycles. The van der Waals surface area contributed by atoms with Crippen LogP contribution in [0.2, 0.25) is 0 Å². The molecule has 2 unspecified atom stereocenters. The Morgan fingerprint density at radius 3 is 2.55 bits per heavy atom. The molecule has 2 heterocycles. The Hall–Kier alpha value is -1.44. The van der Waals surface area contributed by atoms with Crippen molar-refractivity contribution in [2.75, 3.05) is 44.2 Å². The quantitative estimate of drug-likeness (QED) is 0.784. The van der Waals surface area contributed by atoms with E-state index in [0.717, 1.165) is 19.5 Å². The predicted molar refractivity (Wildman–Crippen MR) is 115 cm³/mol. The second-order valence-electron chi connectivity index (χ2n) is 8.81. The summed E-state index contributed by atoms with van der Waals surface area (Å²) in [6.07, 6.45) is 5.65. The summed E-state index contributed by atoms with van der Waals surface area (Å²) in [5.74, 6) is 0.718. The smallest absolute Gasteiger partial charge is 0.236 e. The molecule has 3 aliphatic rings. The number of hydrogen-bond donors (Lipinski definition) is 1. The highest BCUT2D eigenvalue weighted by Gasteiger charge is 2.34. The van der Waals surface area contributed by atoms with Crippen molar-refractivity contribution < 1.29 is 13.2 Å². The zero-order valence-electron chi connectivity index (χ0n) is 17.4. The van der Waals surface area contributed by atoms with Gasteiger partial charge in [-0.05, 0) is 55.7 Å². The highest BCUT2D eigenvalue weighted by Crippen LogP contribution is 2.25. The molecule has 160 valence electrons. The summed E-state index contributed by atoms with van der Waals surface area (Å²) < 4.78 is 23.4. The van der Waals surface area contributed by atoms with E-state index in [1.807, 2.05) is 4.90 Å². The van der Waals surface area contributed by atoms with E-state index in [0.29, 0.717) is 25.4 Å². The third-order valence-corrected chi connectivity index (χ3v) is 8.57. The molecule has 1 aromatic rings. The number of benzene rings is 1. The molecular formula is C22H33N3O3S. The summed E-state index contributed by atoms with van der Waals surface area (Å²) in [4.78, 5) is 16.8. The minimum absolute atomic E-state index is 0.133. The lowest BCUT2D eigenvalue weighted by Crippen LogP contribution is -2.53. The molecule has 2 saturated heterocycles. The molecule has 29 heavy (non-hydrogen) atoms. The summed E-state index contributed by atoms with van der Waals surface area (Å²) in [7, 11) is -2.86. The summed E-state index contributed by atoms with van der Waals surface area (Å²) in [6, 6.07) is 7.05. The molecule has 7 heteroatoms. The maximum atomic E-state index is 12.6. The van der Waals surface area contributed by atoms with Gasteiger partial charge in [0.15, 0.2) is 9.84 Å². The number of carbonyl (C=O) groups is 1. The molecule has 0 bridgehead atoms. The van der Waals surface area contributed by atoms with Gasteiger partial charge in [0.05, 0.1) is 18.1 Å². The first-order chi connectivity index (χ1) is 13.9. The van der Waals surface area contributed by atoms with Crippen molar-refractivity contribution in [3.05, 3.63) is 34.9 Å². The lowest BCUT2D eigenvalue weighted by Gasteiger charge is -2.37. The fourth-order valence-electron chi connectivity index (χ4n) is 4.89. The van der Waals surface area contributed by atoms with Crippen molar-refractivity contribution in [3.8, 4) is 0 Å². The minimum Gasteiger partial charge on any atom is -0.339 e. The van der Waals surface area contributed by atoms with E-state index < -0.39 is 9.84 Å². The van der Waals surface area contributed by atoms with Crippen molar-refractivity contribution in [1.29, 1.82) is 0 Å². The van der Waals surface area contributed by atoms with Crippen LogP contribution >= 0.6 is 0 Å². The van der Waals surface area contributed by atoms with E-state index in [1.165, 1.54) is 42.4 Å². The number of aryl methyl sites for hydroxylation is 2. The van der Waals surface area contributed by atoms with Crippen molar-refractivity contribution >= 4 is 15.7 Å². The molecule has 2 fully saturated rings. The van der Waals surface area contributed by atoms with Crippen LogP contribution in [0, 0.1) is 0 Å². The van der Waals surface area contributed by atoms with Crippen LogP contribution in [0.15, 0.2) is 18.2 Å². The van der Waals surface area contributed by atoms with Crippen molar-refractivity contribution in [2.24, 2.45) is 0 Å². The number of amides is 1. The summed E-state index contributed by atoms with van der Waals surface area (Å²) in [6.45, 7) is 5.37. The highest BCUT2D eigenvalue weighted by atomic mass is 32.2. The molecular weight excluding hydrogens is 386 g/mol. The third kappa shape index (κ3) is 5.01. The molecule has 2 atom stereocenters. The number of fused-ring (bicyclic) bond motifs is 1. The number of rotatable bonds is 5. The minimum atomic E-state index is -2.86. The number of sulfone groups is 1. The molecule has 0 aromatic heterocycles. The van der Waals surface area contributed by atoms with Gasteiger partial charge in [0.1, 0.15) is 0 Å². The average Bonchev–Trinajstić information content (AvgIpc) is 3.11. The van der Waals surface area contributed by atoms with E-state index in [1.54, 1.807) is 0 Å². The lowest BCUT2D eigenvalue weighted by atomic mass is 9.89. The molecule has 6 nitrogen and oxygen atoms in total. The van der Waals surface area contributed by atoms with E-state index in [-0.39, 0.29) is 23.7 Å². The van der Waals surface area contributed by atoms with E-state index in [2.05, 4.69) is 35.3 Å². The maximum absolute atomic E-state index is 12.6. The normalized spacial score (nSPS) is 25.6. The number of carbonyl (C=O) groups excluding carboxylic acids is 1. The van der Waals surface area contributed by atoms with Gasteiger partial charge in [-0.1, -0.05) is 18.2 Å². The molecule has 1 amide bonds. The summed E-state index contributed by atoms with van der Waals surface area (Å²) in [5.41, 5.74) is 4.21. The number of nitrogens with one attached hydrogen (secondary N) is 1. The highest BCUT2D eigenvalue weighted by molar-refractivity contribution is 7.91. The number of nitrogens with zero attached hydrogens (tertiary/aromatic N) is 2. The zero-order chi connectivity index (χ0) is 20.4. The average molecular weight is 420 g/mol. The van der Waals surface area contributed by atoms with Crippen LogP contribution in [-0.2, 0) is 27.5 Å². The van der Waals surface area contributed by atoms with Gasteiger partial charge in [-0.15, -0.1) is 0 Å². The van der Waals surface area contributed by atoms with Crippen LogP contribution < -0.4 is 5.32 Å². The van der Waals surface area contributed by atoms with Gasteiger partial charge >= 0.3 is 0 Å². The van der Waals surface area contributed by atoms with Gasteiger partial charge in [0.25, 0.3) is 0 Å². The Morgan fingerprint density at radius 1 is 1.14 bits per heavy atom. The molecule has 0 spiro atoms. The molecule has 1 aliphatic carbocycles. The fourth-order valence-corrected chi connectivity index (χ4v) is 6.65. The monoisotopic (exact) mass is 419 g/mol. The van der Waals surface area contributed by atoms with Crippen molar-refractivity contribution in [3.63, 3.8) is 0 Å².